The number of anilines is 2. The largest absolute Gasteiger partial charge is 0.384 e. The third-order valence-electron chi connectivity index (χ3n) is 2.04. The van der Waals surface area contributed by atoms with Gasteiger partial charge in [0.25, 0.3) is 0 Å². The van der Waals surface area contributed by atoms with E-state index in [1.165, 1.54) is 0 Å². The smallest absolute Gasteiger partial charge is 0.124 e. The van der Waals surface area contributed by atoms with Crippen molar-refractivity contribution in [1.29, 1.82) is 0 Å². The van der Waals surface area contributed by atoms with Crippen molar-refractivity contribution in [2.45, 2.75) is 6.92 Å². The highest BCUT2D eigenvalue weighted by molar-refractivity contribution is 5.64. The molecule has 0 spiro atoms. The molecule has 0 amide bonds. The number of aryl methyl sites for hydroxylation is 1. The Hall–Kier alpha value is -2.10. The molecule has 4 N–H and O–H groups in total. The van der Waals surface area contributed by atoms with E-state index in [4.69, 9.17) is 11.5 Å². The topological polar surface area (TPSA) is 77.8 Å². The molecule has 4 heteroatoms. The zero-order valence-corrected chi connectivity index (χ0v) is 8.44. The van der Waals surface area contributed by atoms with Gasteiger partial charge < -0.3 is 11.5 Å². The van der Waals surface area contributed by atoms with E-state index in [-0.39, 0.29) is 0 Å². The highest BCUT2D eigenvalue weighted by Crippen LogP contribution is 2.20. The van der Waals surface area contributed by atoms with E-state index in [1.807, 2.05) is 25.1 Å². The first-order valence-corrected chi connectivity index (χ1v) is 4.62. The number of aromatic nitrogens is 2. The molecule has 0 aliphatic heterocycles. The summed E-state index contributed by atoms with van der Waals surface area (Å²) in [5, 5.41) is 0. The van der Waals surface area contributed by atoms with Gasteiger partial charge in [0.15, 0.2) is 0 Å². The van der Waals surface area contributed by atoms with Crippen LogP contribution in [0.3, 0.4) is 0 Å². The van der Waals surface area contributed by atoms with Gasteiger partial charge in [-0.05, 0) is 31.2 Å². The Morgan fingerprint density at radius 2 is 1.80 bits per heavy atom. The van der Waals surface area contributed by atoms with Crippen molar-refractivity contribution in [2.75, 3.05) is 11.5 Å². The number of pyridine rings is 2. The SMILES string of the molecule is Cc1cc(-c2cccc(N)n2)cc(N)n1. The van der Waals surface area contributed by atoms with Gasteiger partial charge in [-0.25, -0.2) is 9.97 Å². The van der Waals surface area contributed by atoms with Crippen molar-refractivity contribution in [3.05, 3.63) is 36.0 Å². The quantitative estimate of drug-likeness (QED) is 0.733. The maximum atomic E-state index is 5.66. The summed E-state index contributed by atoms with van der Waals surface area (Å²) in [7, 11) is 0. The van der Waals surface area contributed by atoms with Crippen LogP contribution in [0.4, 0.5) is 11.6 Å². The second-order valence-corrected chi connectivity index (χ2v) is 3.37. The second-order valence-electron chi connectivity index (χ2n) is 3.37. The molecule has 0 saturated carbocycles. The summed E-state index contributed by atoms with van der Waals surface area (Å²) in [5.74, 6) is 0.995. The van der Waals surface area contributed by atoms with Crippen molar-refractivity contribution < 1.29 is 0 Å². The summed E-state index contributed by atoms with van der Waals surface area (Å²) in [5.41, 5.74) is 13.9. The summed E-state index contributed by atoms with van der Waals surface area (Å²) < 4.78 is 0. The van der Waals surface area contributed by atoms with Crippen LogP contribution in [-0.4, -0.2) is 9.97 Å². The number of nitrogens with zero attached hydrogens (tertiary/aromatic N) is 2. The van der Waals surface area contributed by atoms with Gasteiger partial charge in [0.05, 0.1) is 5.69 Å². The van der Waals surface area contributed by atoms with Gasteiger partial charge in [-0.3, -0.25) is 0 Å². The van der Waals surface area contributed by atoms with Crippen LogP contribution >= 0.6 is 0 Å². The molecule has 76 valence electrons. The average Bonchev–Trinajstić information content (AvgIpc) is 2.16. The fourth-order valence-electron chi connectivity index (χ4n) is 1.45. The van der Waals surface area contributed by atoms with Crippen molar-refractivity contribution in [3.8, 4) is 11.3 Å². The lowest BCUT2D eigenvalue weighted by Crippen LogP contribution is -1.95. The molecular formula is C11H12N4. The van der Waals surface area contributed by atoms with E-state index in [0.717, 1.165) is 17.0 Å². The number of hydrogen-bond donors (Lipinski definition) is 2. The fourth-order valence-corrected chi connectivity index (χ4v) is 1.45. The van der Waals surface area contributed by atoms with E-state index in [2.05, 4.69) is 9.97 Å². The Morgan fingerprint density at radius 3 is 2.47 bits per heavy atom. The third-order valence-corrected chi connectivity index (χ3v) is 2.04. The van der Waals surface area contributed by atoms with Crippen molar-refractivity contribution >= 4 is 11.6 Å². The molecule has 2 rings (SSSR count). The van der Waals surface area contributed by atoms with Gasteiger partial charge in [-0.15, -0.1) is 0 Å². The molecule has 2 aromatic heterocycles. The van der Waals surface area contributed by atoms with Crippen LogP contribution in [0.25, 0.3) is 11.3 Å². The summed E-state index contributed by atoms with van der Waals surface area (Å²) in [4.78, 5) is 8.32. The molecule has 0 radical (unpaired) electrons. The monoisotopic (exact) mass is 200 g/mol. The molecule has 4 nitrogen and oxygen atoms in total. The molecule has 15 heavy (non-hydrogen) atoms. The van der Waals surface area contributed by atoms with Crippen molar-refractivity contribution in [3.63, 3.8) is 0 Å². The first-order valence-electron chi connectivity index (χ1n) is 4.62. The van der Waals surface area contributed by atoms with Crippen LogP contribution < -0.4 is 11.5 Å². The Bertz CT molecular complexity index is 473. The number of rotatable bonds is 1. The maximum absolute atomic E-state index is 5.66. The van der Waals surface area contributed by atoms with Crippen LogP contribution in [-0.2, 0) is 0 Å². The second kappa shape index (κ2) is 3.57. The first-order chi connectivity index (χ1) is 7.15. The lowest BCUT2D eigenvalue weighted by atomic mass is 10.1. The van der Waals surface area contributed by atoms with E-state index in [1.54, 1.807) is 12.1 Å². The summed E-state index contributed by atoms with van der Waals surface area (Å²) >= 11 is 0. The minimum atomic E-state index is 0.495. The molecule has 0 aromatic carbocycles. The standard InChI is InChI=1S/C11H12N4/c1-7-5-8(6-11(13)14-7)9-3-2-4-10(12)15-9/h2-6H,1H3,(H2,12,15)(H2,13,14). The number of hydrogen-bond acceptors (Lipinski definition) is 4. The zero-order chi connectivity index (χ0) is 10.8. The first kappa shape index (κ1) is 9.45. The summed E-state index contributed by atoms with van der Waals surface area (Å²) in [6, 6.07) is 9.22. The highest BCUT2D eigenvalue weighted by atomic mass is 14.9. The molecular weight excluding hydrogens is 188 g/mol. The summed E-state index contributed by atoms with van der Waals surface area (Å²) in [6.45, 7) is 1.89. The minimum absolute atomic E-state index is 0.495. The normalized spacial score (nSPS) is 10.2. The molecule has 0 aliphatic rings. The van der Waals surface area contributed by atoms with Crippen LogP contribution in [0.2, 0.25) is 0 Å². The van der Waals surface area contributed by atoms with Gasteiger partial charge >= 0.3 is 0 Å². The Kier molecular flexibility index (Phi) is 2.25. The van der Waals surface area contributed by atoms with E-state index in [0.29, 0.717) is 11.6 Å². The molecule has 0 fully saturated rings. The zero-order valence-electron chi connectivity index (χ0n) is 8.44. The Labute approximate surface area is 88.0 Å². The molecule has 2 heterocycles. The molecule has 0 aliphatic carbocycles. The predicted molar refractivity (Wildman–Crippen MR) is 61.0 cm³/mol. The van der Waals surface area contributed by atoms with Crippen molar-refractivity contribution in [2.24, 2.45) is 0 Å². The molecule has 0 atom stereocenters. The van der Waals surface area contributed by atoms with Gasteiger partial charge in [-0.1, -0.05) is 6.07 Å². The summed E-state index contributed by atoms with van der Waals surface area (Å²) in [6.07, 6.45) is 0. The van der Waals surface area contributed by atoms with Gasteiger partial charge in [0.1, 0.15) is 11.6 Å². The van der Waals surface area contributed by atoms with Gasteiger partial charge in [0, 0.05) is 11.3 Å². The van der Waals surface area contributed by atoms with Crippen LogP contribution in [0, 0.1) is 6.92 Å². The highest BCUT2D eigenvalue weighted by Gasteiger charge is 2.02. The Balaban J connectivity index is 2.54. The Morgan fingerprint density at radius 1 is 1.00 bits per heavy atom. The van der Waals surface area contributed by atoms with Crippen LogP contribution in [0.5, 0.6) is 0 Å². The predicted octanol–water partition coefficient (Wildman–Crippen LogP) is 1.62. The average molecular weight is 200 g/mol. The van der Waals surface area contributed by atoms with Crippen LogP contribution in [0.1, 0.15) is 5.69 Å². The van der Waals surface area contributed by atoms with Crippen molar-refractivity contribution in [1.82, 2.24) is 9.97 Å². The third kappa shape index (κ3) is 2.04. The van der Waals surface area contributed by atoms with Gasteiger partial charge in [-0.2, -0.15) is 0 Å². The van der Waals surface area contributed by atoms with Crippen LogP contribution in [0.15, 0.2) is 30.3 Å². The molecule has 0 unspecified atom stereocenters. The lowest BCUT2D eigenvalue weighted by molar-refractivity contribution is 1.20. The van der Waals surface area contributed by atoms with Gasteiger partial charge in [0.2, 0.25) is 0 Å². The van der Waals surface area contributed by atoms with E-state index < -0.39 is 0 Å². The lowest BCUT2D eigenvalue weighted by Gasteiger charge is -2.04. The van der Waals surface area contributed by atoms with E-state index >= 15 is 0 Å². The fraction of sp³-hybridized carbons (Fsp3) is 0.0909. The molecule has 0 bridgehead atoms. The minimum Gasteiger partial charge on any atom is -0.384 e. The number of nitrogens with two attached hydrogens (primary N) is 2. The van der Waals surface area contributed by atoms with E-state index in [9.17, 15) is 0 Å². The molecule has 2 aromatic rings. The maximum Gasteiger partial charge on any atom is 0.124 e. The number of nitrogen functional groups attached to an aromatic ring is 2. The molecule has 0 saturated heterocycles.